The molecule has 2 saturated heterocycles. The Bertz CT molecular complexity index is 609. The number of carbonyl (C=O) groups excluding carboxylic acids is 1. The van der Waals surface area contributed by atoms with Gasteiger partial charge >= 0.3 is 12.1 Å². The van der Waals surface area contributed by atoms with Crippen LogP contribution in [0.25, 0.3) is 0 Å². The van der Waals surface area contributed by atoms with Crippen molar-refractivity contribution < 1.29 is 32.6 Å². The Hall–Kier alpha value is -1.65. The number of hydrogen-bond donors (Lipinski definition) is 2. The third-order valence-corrected chi connectivity index (χ3v) is 5.14. The average molecular weight is 394 g/mol. The minimum Gasteiger partial charge on any atom is -0.475 e. The van der Waals surface area contributed by atoms with Crippen molar-refractivity contribution >= 4 is 23.2 Å². The molecule has 3 atom stereocenters. The first-order valence-corrected chi connectivity index (χ1v) is 9.09. The van der Waals surface area contributed by atoms with Gasteiger partial charge < -0.3 is 15.2 Å². The van der Waals surface area contributed by atoms with Gasteiger partial charge in [-0.05, 0) is 41.7 Å². The van der Waals surface area contributed by atoms with Crippen LogP contribution in [0.5, 0.6) is 0 Å². The summed E-state index contributed by atoms with van der Waals surface area (Å²) in [6, 6.07) is 2.68. The van der Waals surface area contributed by atoms with Gasteiger partial charge in [-0.25, -0.2) is 4.79 Å². The fourth-order valence-electron chi connectivity index (χ4n) is 3.18. The molecule has 6 nitrogen and oxygen atoms in total. The first-order chi connectivity index (χ1) is 12.2. The molecule has 26 heavy (non-hydrogen) atoms. The first-order valence-electron chi connectivity index (χ1n) is 8.14. The number of carbonyl (C=O) groups is 2. The molecule has 2 N–H and O–H groups in total. The quantitative estimate of drug-likeness (QED) is 0.822. The maximum Gasteiger partial charge on any atom is 0.490 e. The van der Waals surface area contributed by atoms with Crippen molar-refractivity contribution in [2.45, 2.75) is 50.2 Å². The molecule has 3 heterocycles. The second-order valence-electron chi connectivity index (χ2n) is 6.12. The Labute approximate surface area is 152 Å². The van der Waals surface area contributed by atoms with Gasteiger partial charge in [-0.2, -0.15) is 24.5 Å². The Morgan fingerprint density at radius 1 is 1.38 bits per heavy atom. The highest BCUT2D eigenvalue weighted by molar-refractivity contribution is 7.07. The maximum atomic E-state index is 11.6. The molecule has 1 aromatic heterocycles. The van der Waals surface area contributed by atoms with Crippen molar-refractivity contribution in [1.29, 1.82) is 0 Å². The van der Waals surface area contributed by atoms with E-state index >= 15 is 0 Å². The van der Waals surface area contributed by atoms with Gasteiger partial charge in [0.15, 0.2) is 0 Å². The lowest BCUT2D eigenvalue weighted by atomic mass is 9.98. The normalized spacial score (nSPS) is 25.8. The maximum absolute atomic E-state index is 11.6. The van der Waals surface area contributed by atoms with Crippen molar-refractivity contribution in [1.82, 2.24) is 10.2 Å². The molecule has 0 spiro atoms. The number of nitrogens with one attached hydrogen (secondary N) is 1. The standard InChI is InChI=1S/C14H20N2O2S.C2HF3O2/c1-15-14(17)13-3-2-11-12(18-13)4-6-16(11)8-10-5-7-19-9-10;3-2(4,5)1(6)7/h5,7,9,11-13H,2-4,6,8H2,1H3,(H,15,17);(H,6,7)/t11-,12-,13+;/m1./s1. The number of carboxylic acid groups (broad SMARTS) is 1. The average Bonchev–Trinajstić information content (AvgIpc) is 3.24. The van der Waals surface area contributed by atoms with Gasteiger partial charge in [0.05, 0.1) is 6.10 Å². The molecule has 0 aromatic carbocycles. The van der Waals surface area contributed by atoms with Gasteiger partial charge in [0.25, 0.3) is 0 Å². The number of ether oxygens (including phenoxy) is 1. The summed E-state index contributed by atoms with van der Waals surface area (Å²) in [7, 11) is 1.68. The molecule has 10 heteroatoms. The molecule has 1 aromatic rings. The van der Waals surface area contributed by atoms with Crippen LogP contribution in [-0.4, -0.2) is 59.9 Å². The number of likely N-dealkylation sites (tertiary alicyclic amines) is 1. The Kier molecular flexibility index (Phi) is 7.01. The molecule has 0 radical (unpaired) electrons. The van der Waals surface area contributed by atoms with Gasteiger partial charge in [-0.1, -0.05) is 0 Å². The summed E-state index contributed by atoms with van der Waals surface area (Å²) in [6.07, 6.45) is -2.15. The van der Waals surface area contributed by atoms with Crippen LogP contribution in [0.2, 0.25) is 0 Å². The highest BCUT2D eigenvalue weighted by atomic mass is 32.1. The number of aliphatic carboxylic acids is 1. The fourth-order valence-corrected chi connectivity index (χ4v) is 3.84. The number of hydrogen-bond acceptors (Lipinski definition) is 5. The minimum absolute atomic E-state index is 0.0229. The van der Waals surface area contributed by atoms with E-state index in [-0.39, 0.29) is 18.1 Å². The molecule has 0 aliphatic carbocycles. The minimum atomic E-state index is -5.08. The third kappa shape index (κ3) is 5.42. The van der Waals surface area contributed by atoms with Crippen molar-refractivity contribution in [2.75, 3.05) is 13.6 Å². The molecule has 2 fully saturated rings. The number of fused-ring (bicyclic) bond motifs is 1. The largest absolute Gasteiger partial charge is 0.490 e. The van der Waals surface area contributed by atoms with E-state index in [1.54, 1.807) is 18.4 Å². The Morgan fingerprint density at radius 2 is 2.08 bits per heavy atom. The lowest BCUT2D eigenvalue weighted by molar-refractivity contribution is -0.192. The van der Waals surface area contributed by atoms with Crippen molar-refractivity contribution in [2.24, 2.45) is 0 Å². The second-order valence-corrected chi connectivity index (χ2v) is 6.90. The molecular weight excluding hydrogens is 373 g/mol. The van der Waals surface area contributed by atoms with E-state index < -0.39 is 12.1 Å². The second kappa shape index (κ2) is 8.83. The number of nitrogens with zero attached hydrogens (tertiary/aromatic N) is 1. The first kappa shape index (κ1) is 20.7. The zero-order valence-electron chi connectivity index (χ0n) is 14.2. The number of rotatable bonds is 3. The molecule has 0 bridgehead atoms. The van der Waals surface area contributed by atoms with Crippen molar-refractivity contribution in [3.05, 3.63) is 22.4 Å². The van der Waals surface area contributed by atoms with E-state index in [1.807, 2.05) is 0 Å². The van der Waals surface area contributed by atoms with E-state index in [1.165, 1.54) is 5.56 Å². The van der Waals surface area contributed by atoms with E-state index in [0.29, 0.717) is 6.04 Å². The zero-order valence-corrected chi connectivity index (χ0v) is 15.0. The van der Waals surface area contributed by atoms with Crippen LogP contribution in [0.4, 0.5) is 13.2 Å². The molecule has 0 unspecified atom stereocenters. The summed E-state index contributed by atoms with van der Waals surface area (Å²) in [4.78, 5) is 23.0. The molecule has 146 valence electrons. The van der Waals surface area contributed by atoms with Crippen LogP contribution in [-0.2, 0) is 20.9 Å². The summed E-state index contributed by atoms with van der Waals surface area (Å²) in [6.45, 7) is 2.09. The SMILES string of the molecule is CNC(=O)[C@@H]1CC[C@@H]2[C@@H](CCN2Cc2ccsc2)O1.O=C(O)C(F)(F)F. The number of carboxylic acids is 1. The molecule has 0 saturated carbocycles. The topological polar surface area (TPSA) is 78.9 Å². The van der Waals surface area contributed by atoms with Gasteiger partial charge in [0.1, 0.15) is 6.10 Å². The highest BCUT2D eigenvalue weighted by Crippen LogP contribution is 2.32. The van der Waals surface area contributed by atoms with Crippen LogP contribution < -0.4 is 5.32 Å². The predicted molar refractivity (Wildman–Crippen MR) is 88.8 cm³/mol. The number of alkyl halides is 3. The van der Waals surface area contributed by atoms with Crippen LogP contribution in [0.15, 0.2) is 16.8 Å². The monoisotopic (exact) mass is 394 g/mol. The molecule has 2 aliphatic heterocycles. The van der Waals surface area contributed by atoms with Crippen molar-refractivity contribution in [3.8, 4) is 0 Å². The lowest BCUT2D eigenvalue weighted by Gasteiger charge is -2.35. The zero-order chi connectivity index (χ0) is 19.3. The number of halogens is 3. The predicted octanol–water partition coefficient (Wildman–Crippen LogP) is 2.25. The Balaban J connectivity index is 0.000000298. The highest BCUT2D eigenvalue weighted by Gasteiger charge is 2.41. The number of amides is 1. The van der Waals surface area contributed by atoms with Crippen LogP contribution in [0, 0.1) is 0 Å². The summed E-state index contributed by atoms with van der Waals surface area (Å²) in [5.41, 5.74) is 1.39. The Morgan fingerprint density at radius 3 is 2.62 bits per heavy atom. The summed E-state index contributed by atoms with van der Waals surface area (Å²) < 4.78 is 37.7. The lowest BCUT2D eigenvalue weighted by Crippen LogP contribution is -2.47. The number of likely N-dealkylation sites (N-methyl/N-ethyl adjacent to an activating group) is 1. The molecule has 1 amide bonds. The van der Waals surface area contributed by atoms with E-state index in [2.05, 4.69) is 27.0 Å². The smallest absolute Gasteiger partial charge is 0.475 e. The molecular formula is C16H21F3N2O4S. The summed E-state index contributed by atoms with van der Waals surface area (Å²) in [5, 5.41) is 14.2. The van der Waals surface area contributed by atoms with E-state index in [9.17, 15) is 18.0 Å². The van der Waals surface area contributed by atoms with Crippen molar-refractivity contribution in [3.63, 3.8) is 0 Å². The van der Waals surface area contributed by atoms with Gasteiger partial charge in [-0.15, -0.1) is 0 Å². The van der Waals surface area contributed by atoms with Gasteiger partial charge in [-0.3, -0.25) is 9.69 Å². The van der Waals surface area contributed by atoms with E-state index in [4.69, 9.17) is 14.6 Å². The summed E-state index contributed by atoms with van der Waals surface area (Å²) in [5.74, 6) is -2.73. The molecule has 2 aliphatic rings. The third-order valence-electron chi connectivity index (χ3n) is 4.41. The summed E-state index contributed by atoms with van der Waals surface area (Å²) >= 11 is 1.75. The van der Waals surface area contributed by atoms with Crippen LogP contribution >= 0.6 is 11.3 Å². The molecule has 3 rings (SSSR count). The fraction of sp³-hybridized carbons (Fsp3) is 0.625. The van der Waals surface area contributed by atoms with Gasteiger partial charge in [0.2, 0.25) is 5.91 Å². The van der Waals surface area contributed by atoms with Crippen LogP contribution in [0.3, 0.4) is 0 Å². The van der Waals surface area contributed by atoms with E-state index in [0.717, 1.165) is 32.4 Å². The van der Waals surface area contributed by atoms with Gasteiger partial charge in [0, 0.05) is 26.2 Å². The number of thiophene rings is 1. The van der Waals surface area contributed by atoms with Crippen LogP contribution in [0.1, 0.15) is 24.8 Å².